The number of benzene rings is 2. The number of hydrogen-bond acceptors (Lipinski definition) is 6. The van der Waals surface area contributed by atoms with Crippen molar-refractivity contribution in [2.75, 3.05) is 0 Å². The van der Waals surface area contributed by atoms with Gasteiger partial charge >= 0.3 is 11.9 Å². The molecule has 1 amide bonds. The average Bonchev–Trinajstić information content (AvgIpc) is 3.08. The highest BCUT2D eigenvalue weighted by atomic mass is 35.5. The lowest BCUT2D eigenvalue weighted by molar-refractivity contribution is -0.132. The highest BCUT2D eigenvalue weighted by Crippen LogP contribution is 2.36. The monoisotopic (exact) mass is 414 g/mol. The summed E-state index contributed by atoms with van der Waals surface area (Å²) in [5.74, 6) is -0.358. The predicted octanol–water partition coefficient (Wildman–Crippen LogP) is 3.89. The fraction of sp³-hybridized carbons (Fsp3) is 0.238. The summed E-state index contributed by atoms with van der Waals surface area (Å²) in [6.07, 6.45) is 0.404. The zero-order valence-electron chi connectivity index (χ0n) is 16.1. The molecule has 1 atom stereocenters. The van der Waals surface area contributed by atoms with E-state index in [1.54, 1.807) is 42.5 Å². The molecule has 2 aromatic carbocycles. The van der Waals surface area contributed by atoms with Crippen molar-refractivity contribution in [3.63, 3.8) is 0 Å². The van der Waals surface area contributed by atoms with E-state index in [9.17, 15) is 14.4 Å². The zero-order valence-corrected chi connectivity index (χ0v) is 16.9. The molecule has 1 unspecified atom stereocenters. The van der Waals surface area contributed by atoms with E-state index in [1.807, 2.05) is 0 Å². The Morgan fingerprint density at radius 3 is 2.24 bits per heavy atom. The van der Waals surface area contributed by atoms with Crippen molar-refractivity contribution in [3.8, 4) is 11.5 Å². The first kappa shape index (κ1) is 20.5. The lowest BCUT2D eigenvalue weighted by Crippen LogP contribution is -2.24. The van der Waals surface area contributed by atoms with E-state index >= 15 is 0 Å². The van der Waals surface area contributed by atoms with Crippen LogP contribution >= 0.6 is 11.6 Å². The minimum atomic E-state index is -0.465. The first-order chi connectivity index (χ1) is 13.7. The summed E-state index contributed by atoms with van der Waals surface area (Å²) in [5.41, 5.74) is 1.96. The Morgan fingerprint density at radius 1 is 1.00 bits per heavy atom. The van der Waals surface area contributed by atoms with Crippen molar-refractivity contribution in [3.05, 3.63) is 58.6 Å². The number of carbonyl (C=O) groups is 3. The fourth-order valence-corrected chi connectivity index (χ4v) is 3.29. The van der Waals surface area contributed by atoms with Crippen LogP contribution < -0.4 is 9.47 Å². The van der Waals surface area contributed by atoms with Gasteiger partial charge < -0.3 is 9.47 Å². The standard InChI is InChI=1S/C21H19ClN2O5/c1-12(25)24-20(15-4-7-17(8-5-15)28-13(2)26)11-19(23-24)18-10-16(22)6-9-21(18)29-14(3)27/h4-10,20H,11H2,1-3H3. The number of esters is 2. The van der Waals surface area contributed by atoms with Gasteiger partial charge in [-0.1, -0.05) is 23.7 Å². The van der Waals surface area contributed by atoms with E-state index in [2.05, 4.69) is 5.10 Å². The van der Waals surface area contributed by atoms with E-state index in [-0.39, 0.29) is 11.9 Å². The molecule has 1 heterocycles. The lowest BCUT2D eigenvalue weighted by Gasteiger charge is -2.20. The Morgan fingerprint density at radius 2 is 1.66 bits per heavy atom. The molecule has 1 aliphatic heterocycles. The molecule has 29 heavy (non-hydrogen) atoms. The van der Waals surface area contributed by atoms with E-state index < -0.39 is 11.9 Å². The summed E-state index contributed by atoms with van der Waals surface area (Å²) in [4.78, 5) is 34.7. The molecule has 0 aliphatic carbocycles. The Labute approximate surface area is 172 Å². The van der Waals surface area contributed by atoms with E-state index in [0.717, 1.165) is 5.56 Å². The second kappa shape index (κ2) is 8.45. The number of halogens is 1. The summed E-state index contributed by atoms with van der Waals surface area (Å²) < 4.78 is 10.3. The molecule has 0 N–H and O–H groups in total. The lowest BCUT2D eigenvalue weighted by atomic mass is 9.98. The van der Waals surface area contributed by atoms with E-state index in [4.69, 9.17) is 21.1 Å². The highest BCUT2D eigenvalue weighted by Gasteiger charge is 2.32. The van der Waals surface area contributed by atoms with Gasteiger partial charge in [0.2, 0.25) is 5.91 Å². The molecule has 8 heteroatoms. The molecule has 150 valence electrons. The maximum atomic E-state index is 12.2. The molecule has 3 rings (SSSR count). The van der Waals surface area contributed by atoms with Crippen molar-refractivity contribution in [1.82, 2.24) is 5.01 Å². The number of ether oxygens (including phenoxy) is 2. The van der Waals surface area contributed by atoms with Gasteiger partial charge in [-0.2, -0.15) is 5.10 Å². The second-order valence-electron chi connectivity index (χ2n) is 6.53. The van der Waals surface area contributed by atoms with Crippen LogP contribution in [0, 0.1) is 0 Å². The first-order valence-electron chi connectivity index (χ1n) is 8.88. The van der Waals surface area contributed by atoms with Crippen LogP contribution in [0.15, 0.2) is 47.6 Å². The molecule has 1 aliphatic rings. The molecule has 2 aromatic rings. The molecular weight excluding hydrogens is 396 g/mol. The molecule has 7 nitrogen and oxygen atoms in total. The smallest absolute Gasteiger partial charge is 0.308 e. The third-order valence-electron chi connectivity index (χ3n) is 4.27. The summed E-state index contributed by atoms with van der Waals surface area (Å²) in [7, 11) is 0. The molecule has 0 bridgehead atoms. The van der Waals surface area contributed by atoms with Crippen LogP contribution in [0.25, 0.3) is 0 Å². The van der Waals surface area contributed by atoms with Crippen molar-refractivity contribution in [2.24, 2.45) is 5.10 Å². The summed E-state index contributed by atoms with van der Waals surface area (Å²) in [5, 5.41) is 6.30. The molecule has 0 radical (unpaired) electrons. The fourth-order valence-electron chi connectivity index (χ4n) is 3.12. The van der Waals surface area contributed by atoms with Crippen LogP contribution in [-0.4, -0.2) is 28.6 Å². The Hall–Kier alpha value is -3.19. The number of rotatable bonds is 4. The van der Waals surface area contributed by atoms with Gasteiger partial charge in [-0.25, -0.2) is 5.01 Å². The van der Waals surface area contributed by atoms with Gasteiger partial charge in [-0.3, -0.25) is 14.4 Å². The van der Waals surface area contributed by atoms with Gasteiger partial charge in [0.05, 0.1) is 11.8 Å². The van der Waals surface area contributed by atoms with Crippen molar-refractivity contribution in [2.45, 2.75) is 33.2 Å². The van der Waals surface area contributed by atoms with Gasteiger partial charge in [0.1, 0.15) is 11.5 Å². The molecule has 0 saturated carbocycles. The van der Waals surface area contributed by atoms with Gasteiger partial charge in [-0.15, -0.1) is 0 Å². The molecular formula is C21H19ClN2O5. The number of hydrazone groups is 1. The van der Waals surface area contributed by atoms with Crippen LogP contribution in [-0.2, 0) is 14.4 Å². The van der Waals surface area contributed by atoms with Crippen LogP contribution in [0.1, 0.15) is 44.4 Å². The number of hydrogen-bond donors (Lipinski definition) is 0. The van der Waals surface area contributed by atoms with E-state index in [0.29, 0.717) is 34.2 Å². The largest absolute Gasteiger partial charge is 0.427 e. The summed E-state index contributed by atoms with van der Waals surface area (Å²) >= 11 is 6.13. The number of amides is 1. The Balaban J connectivity index is 1.93. The molecule has 0 fully saturated rings. The van der Waals surface area contributed by atoms with E-state index in [1.165, 1.54) is 25.8 Å². The topological polar surface area (TPSA) is 85.3 Å². The molecule has 0 saturated heterocycles. The zero-order chi connectivity index (χ0) is 21.1. The Kier molecular flexibility index (Phi) is 5.98. The maximum absolute atomic E-state index is 12.2. The van der Waals surface area contributed by atoms with Gasteiger partial charge in [0, 0.05) is 37.8 Å². The third-order valence-corrected chi connectivity index (χ3v) is 4.50. The molecule has 0 spiro atoms. The van der Waals surface area contributed by atoms with Gasteiger partial charge in [-0.05, 0) is 35.9 Å². The van der Waals surface area contributed by atoms with Crippen LogP contribution in [0.4, 0.5) is 0 Å². The van der Waals surface area contributed by atoms with Gasteiger partial charge in [0.25, 0.3) is 0 Å². The van der Waals surface area contributed by atoms with Crippen LogP contribution in [0.5, 0.6) is 11.5 Å². The quantitative estimate of drug-likeness (QED) is 0.559. The Bertz CT molecular complexity index is 1000. The SMILES string of the molecule is CC(=O)Oc1ccc(C2CC(c3cc(Cl)ccc3OC(C)=O)=NN2C(C)=O)cc1. The van der Waals surface area contributed by atoms with Crippen molar-refractivity contribution >= 4 is 35.2 Å². The third kappa shape index (κ3) is 4.81. The molecule has 0 aromatic heterocycles. The van der Waals surface area contributed by atoms with Crippen LogP contribution in [0.3, 0.4) is 0 Å². The highest BCUT2D eigenvalue weighted by molar-refractivity contribution is 6.31. The maximum Gasteiger partial charge on any atom is 0.308 e. The average molecular weight is 415 g/mol. The number of nitrogens with zero attached hydrogens (tertiary/aromatic N) is 2. The second-order valence-corrected chi connectivity index (χ2v) is 6.96. The minimum Gasteiger partial charge on any atom is -0.427 e. The van der Waals surface area contributed by atoms with Crippen molar-refractivity contribution < 1.29 is 23.9 Å². The summed E-state index contributed by atoms with van der Waals surface area (Å²) in [6.45, 7) is 4.07. The number of carbonyl (C=O) groups excluding carboxylic acids is 3. The summed E-state index contributed by atoms with van der Waals surface area (Å²) in [6, 6.07) is 11.4. The normalized spacial score (nSPS) is 15.7. The minimum absolute atomic E-state index is 0.231. The van der Waals surface area contributed by atoms with Gasteiger partial charge in [0.15, 0.2) is 0 Å². The van der Waals surface area contributed by atoms with Crippen LogP contribution in [0.2, 0.25) is 5.02 Å². The first-order valence-corrected chi connectivity index (χ1v) is 9.26. The van der Waals surface area contributed by atoms with Crippen molar-refractivity contribution in [1.29, 1.82) is 0 Å². The predicted molar refractivity (Wildman–Crippen MR) is 107 cm³/mol.